The molecule has 13 nitrogen and oxygen atoms in total. The normalized spacial score (nSPS) is 18.4. The van der Waals surface area contributed by atoms with Crippen LogP contribution in [0.25, 0.3) is 0 Å². The number of benzene rings is 1. The Balaban J connectivity index is 1.02. The highest BCUT2D eigenvalue weighted by atomic mass is 32.2. The smallest absolute Gasteiger partial charge is 0.315 e. The van der Waals surface area contributed by atoms with Gasteiger partial charge in [0.15, 0.2) is 5.78 Å². The van der Waals surface area contributed by atoms with E-state index in [0.29, 0.717) is 82.1 Å². The molecule has 2 saturated heterocycles. The van der Waals surface area contributed by atoms with Crippen LogP contribution in [0.4, 0.5) is 10.5 Å². The molecule has 256 valence electrons. The lowest BCUT2D eigenvalue weighted by molar-refractivity contribution is -0.124. The highest BCUT2D eigenvalue weighted by molar-refractivity contribution is 8.00. The first-order valence-corrected chi connectivity index (χ1v) is 17.2. The zero-order valence-electron chi connectivity index (χ0n) is 26.7. The van der Waals surface area contributed by atoms with Crippen molar-refractivity contribution in [2.24, 2.45) is 0 Å². The largest absolute Gasteiger partial charge is 0.379 e. The summed E-state index contributed by atoms with van der Waals surface area (Å²) in [5, 5.41) is 14.8. The van der Waals surface area contributed by atoms with Crippen LogP contribution in [0.2, 0.25) is 0 Å². The third-order valence-electron chi connectivity index (χ3n) is 7.53. The van der Waals surface area contributed by atoms with E-state index in [2.05, 4.69) is 26.6 Å². The molecule has 2 aliphatic rings. The second-order valence-electron chi connectivity index (χ2n) is 11.3. The van der Waals surface area contributed by atoms with Gasteiger partial charge in [0.25, 0.3) is 0 Å². The summed E-state index contributed by atoms with van der Waals surface area (Å²) in [7, 11) is 0. The van der Waals surface area contributed by atoms with Gasteiger partial charge < -0.3 is 40.8 Å². The van der Waals surface area contributed by atoms with E-state index in [9.17, 15) is 24.0 Å². The lowest BCUT2D eigenvalue weighted by Crippen LogP contribution is -2.36. The number of ether oxygens (including phenoxy) is 3. The number of ketones is 1. The average molecular weight is 664 g/mol. The van der Waals surface area contributed by atoms with E-state index < -0.39 is 0 Å². The lowest BCUT2D eigenvalue weighted by Gasteiger charge is -2.16. The van der Waals surface area contributed by atoms with Crippen LogP contribution < -0.4 is 26.6 Å². The van der Waals surface area contributed by atoms with Gasteiger partial charge in [0.1, 0.15) is 0 Å². The second kappa shape index (κ2) is 21.6. The molecule has 1 aromatic carbocycles. The van der Waals surface area contributed by atoms with E-state index in [0.717, 1.165) is 31.4 Å². The van der Waals surface area contributed by atoms with Crippen molar-refractivity contribution in [3.63, 3.8) is 0 Å². The Hall–Kier alpha value is -3.20. The maximum absolute atomic E-state index is 12.1. The van der Waals surface area contributed by atoms with Crippen LogP contribution in [0.1, 0.15) is 68.6 Å². The summed E-state index contributed by atoms with van der Waals surface area (Å²) in [6.07, 6.45) is 4.86. The summed E-state index contributed by atoms with van der Waals surface area (Å²) in [6.45, 7) is 5.36. The van der Waals surface area contributed by atoms with Gasteiger partial charge in [-0.05, 0) is 44.7 Å². The number of fused-ring (bicyclic) bond motifs is 1. The number of hydrogen-bond acceptors (Lipinski definition) is 9. The standard InChI is InChI=1S/C32H49N5O8S/c1-23(38)24-7-4-8-25(21-24)35-30(41)12-11-29(40)34-14-6-16-44-18-20-45-19-17-43-15-5-13-33-28(39)10-3-2-9-27-31-26(22-46-27)36-32(42)37-31/h4,7-8,21,26-27,31H,2-3,5-6,9-20,22H2,1H3,(H,33,39)(H,34,40)(H,35,41)(H2,36,37,42). The van der Waals surface area contributed by atoms with Crippen LogP contribution in [0.5, 0.6) is 0 Å². The summed E-state index contributed by atoms with van der Waals surface area (Å²) >= 11 is 1.90. The summed E-state index contributed by atoms with van der Waals surface area (Å²) < 4.78 is 16.5. The fourth-order valence-electron chi connectivity index (χ4n) is 5.06. The number of carbonyl (C=O) groups excluding carboxylic acids is 5. The Morgan fingerprint density at radius 3 is 2.11 bits per heavy atom. The number of Topliss-reactive ketones (excluding diaryl/α,β-unsaturated/α-hetero) is 1. The third-order valence-corrected chi connectivity index (χ3v) is 9.04. The van der Waals surface area contributed by atoms with Gasteiger partial charge in [-0.15, -0.1) is 0 Å². The molecular formula is C32H49N5O8S. The van der Waals surface area contributed by atoms with Crippen LogP contribution in [0, 0.1) is 0 Å². The van der Waals surface area contributed by atoms with Crippen LogP contribution >= 0.6 is 11.8 Å². The maximum atomic E-state index is 12.1. The number of thioether (sulfide) groups is 1. The van der Waals surface area contributed by atoms with Gasteiger partial charge in [0.2, 0.25) is 17.7 Å². The van der Waals surface area contributed by atoms with Crippen molar-refractivity contribution in [2.45, 2.75) is 75.6 Å². The van der Waals surface area contributed by atoms with Gasteiger partial charge >= 0.3 is 6.03 Å². The first-order valence-electron chi connectivity index (χ1n) is 16.2. The van der Waals surface area contributed by atoms with Crippen LogP contribution in [-0.4, -0.2) is 105 Å². The van der Waals surface area contributed by atoms with Gasteiger partial charge in [-0.3, -0.25) is 19.2 Å². The molecule has 2 fully saturated rings. The molecule has 46 heavy (non-hydrogen) atoms. The highest BCUT2D eigenvalue weighted by Crippen LogP contribution is 2.33. The molecular weight excluding hydrogens is 614 g/mol. The van der Waals surface area contributed by atoms with Crippen molar-refractivity contribution < 1.29 is 38.2 Å². The molecule has 0 saturated carbocycles. The average Bonchev–Trinajstić information content (AvgIpc) is 3.59. The predicted octanol–water partition coefficient (Wildman–Crippen LogP) is 2.40. The quantitative estimate of drug-likeness (QED) is 0.0633. The minimum Gasteiger partial charge on any atom is -0.379 e. The summed E-state index contributed by atoms with van der Waals surface area (Å²) in [5.41, 5.74) is 1.04. The molecule has 0 aliphatic carbocycles. The summed E-state index contributed by atoms with van der Waals surface area (Å²) in [6, 6.07) is 7.08. The monoisotopic (exact) mass is 663 g/mol. The van der Waals surface area contributed by atoms with E-state index in [1.165, 1.54) is 6.92 Å². The number of amides is 5. The molecule has 14 heteroatoms. The van der Waals surface area contributed by atoms with Gasteiger partial charge in [0, 0.05) is 67.8 Å². The zero-order valence-corrected chi connectivity index (χ0v) is 27.6. The number of nitrogens with one attached hydrogen (secondary N) is 5. The molecule has 2 heterocycles. The SMILES string of the molecule is CC(=O)c1cccc(NC(=O)CCC(=O)NCCCOCCOCCOCCCNC(=O)CCCCC2SCC3NC(=O)NC32)c1. The molecule has 0 aromatic heterocycles. The molecule has 5 N–H and O–H groups in total. The van der Waals surface area contributed by atoms with E-state index in [-0.39, 0.29) is 54.5 Å². The molecule has 0 radical (unpaired) electrons. The summed E-state index contributed by atoms with van der Waals surface area (Å²) in [4.78, 5) is 59.0. The van der Waals surface area contributed by atoms with E-state index in [1.54, 1.807) is 24.3 Å². The number of carbonyl (C=O) groups is 5. The molecule has 0 spiro atoms. The van der Waals surface area contributed by atoms with Crippen molar-refractivity contribution in [2.75, 3.05) is 63.8 Å². The van der Waals surface area contributed by atoms with Crippen molar-refractivity contribution in [3.8, 4) is 0 Å². The van der Waals surface area contributed by atoms with E-state index >= 15 is 0 Å². The third kappa shape index (κ3) is 14.9. The maximum Gasteiger partial charge on any atom is 0.315 e. The Morgan fingerprint density at radius 1 is 0.804 bits per heavy atom. The van der Waals surface area contributed by atoms with Gasteiger partial charge in [-0.2, -0.15) is 11.8 Å². The minimum absolute atomic E-state index is 0.0499. The van der Waals surface area contributed by atoms with Crippen molar-refractivity contribution >= 4 is 47.0 Å². The number of anilines is 1. The molecule has 3 atom stereocenters. The lowest BCUT2D eigenvalue weighted by atomic mass is 10.0. The Morgan fingerprint density at radius 2 is 1.43 bits per heavy atom. The van der Waals surface area contributed by atoms with Gasteiger partial charge in [-0.1, -0.05) is 18.6 Å². The Labute approximate surface area is 275 Å². The molecule has 5 amide bonds. The zero-order chi connectivity index (χ0) is 33.0. The Kier molecular flexibility index (Phi) is 17.5. The first-order chi connectivity index (χ1) is 22.3. The number of rotatable bonds is 24. The molecule has 3 unspecified atom stereocenters. The van der Waals surface area contributed by atoms with E-state index in [1.807, 2.05) is 11.8 Å². The Bertz CT molecular complexity index is 1140. The van der Waals surface area contributed by atoms with Crippen LogP contribution in [-0.2, 0) is 28.6 Å². The van der Waals surface area contributed by atoms with E-state index in [4.69, 9.17) is 14.2 Å². The van der Waals surface area contributed by atoms with Crippen molar-refractivity contribution in [1.82, 2.24) is 21.3 Å². The van der Waals surface area contributed by atoms with Crippen molar-refractivity contribution in [3.05, 3.63) is 29.8 Å². The number of hydrogen-bond donors (Lipinski definition) is 5. The van der Waals surface area contributed by atoms with Gasteiger partial charge in [0.05, 0.1) is 38.5 Å². The van der Waals surface area contributed by atoms with Gasteiger partial charge in [-0.25, -0.2) is 4.79 Å². The topological polar surface area (TPSA) is 173 Å². The molecule has 1 aromatic rings. The number of urea groups is 1. The van der Waals surface area contributed by atoms with Crippen LogP contribution in [0.3, 0.4) is 0 Å². The molecule has 3 rings (SSSR count). The highest BCUT2D eigenvalue weighted by Gasteiger charge is 2.42. The molecule has 2 aliphatic heterocycles. The fraction of sp³-hybridized carbons (Fsp3) is 0.656. The molecule has 0 bridgehead atoms. The van der Waals surface area contributed by atoms with Crippen LogP contribution in [0.15, 0.2) is 24.3 Å². The summed E-state index contributed by atoms with van der Waals surface area (Å²) in [5.74, 6) is 0.441. The first kappa shape index (κ1) is 37.3. The predicted molar refractivity (Wildman–Crippen MR) is 176 cm³/mol. The number of unbranched alkanes of at least 4 members (excludes halogenated alkanes) is 1. The van der Waals surface area contributed by atoms with Crippen molar-refractivity contribution in [1.29, 1.82) is 0 Å². The minimum atomic E-state index is -0.288. The fourth-order valence-corrected chi connectivity index (χ4v) is 6.61. The second-order valence-corrected chi connectivity index (χ2v) is 12.6.